The molecular weight excluding hydrogens is 534 g/mol. The van der Waals surface area contributed by atoms with Crippen LogP contribution in [-0.4, -0.2) is 78.1 Å². The molecule has 2 N–H and O–H groups in total. The van der Waals surface area contributed by atoms with Crippen molar-refractivity contribution in [2.24, 2.45) is 0 Å². The molecule has 1 aliphatic heterocycles. The van der Waals surface area contributed by atoms with Crippen molar-refractivity contribution in [1.29, 1.82) is 0 Å². The Kier molecular flexibility index (Phi) is 9.92. The molecule has 0 unspecified atom stereocenters. The Morgan fingerprint density at radius 1 is 1.00 bits per heavy atom. The number of nitrogens with zero attached hydrogens (tertiary/aromatic N) is 2. The van der Waals surface area contributed by atoms with Gasteiger partial charge in [0.25, 0.3) is 0 Å². The van der Waals surface area contributed by atoms with Crippen LogP contribution in [0.4, 0.5) is 10.5 Å². The van der Waals surface area contributed by atoms with E-state index in [1.807, 2.05) is 36.4 Å². The molecule has 2 amide bonds. The summed E-state index contributed by atoms with van der Waals surface area (Å²) in [6, 6.07) is 14.7. The summed E-state index contributed by atoms with van der Waals surface area (Å²) in [7, 11) is 1.65. The van der Waals surface area contributed by atoms with Gasteiger partial charge in [-0.3, -0.25) is 4.79 Å². The zero-order chi connectivity index (χ0) is 30.5. The van der Waals surface area contributed by atoms with E-state index in [1.54, 1.807) is 32.8 Å². The van der Waals surface area contributed by atoms with E-state index in [4.69, 9.17) is 14.2 Å². The minimum absolute atomic E-state index is 0.200. The molecule has 0 aromatic heterocycles. The lowest BCUT2D eigenvalue weighted by atomic mass is 9.94. The second-order valence-corrected chi connectivity index (χ2v) is 12.9. The average molecular weight is 582 g/mol. The van der Waals surface area contributed by atoms with E-state index in [0.29, 0.717) is 31.8 Å². The van der Waals surface area contributed by atoms with Crippen molar-refractivity contribution in [1.82, 2.24) is 10.2 Å². The number of benzene rings is 2. The molecule has 0 bridgehead atoms. The molecule has 42 heavy (non-hydrogen) atoms. The van der Waals surface area contributed by atoms with Crippen molar-refractivity contribution in [2.75, 3.05) is 31.6 Å². The highest BCUT2D eigenvalue weighted by molar-refractivity contribution is 5.87. The molecule has 9 heteroatoms. The number of alkyl carbamates (subject to hydrolysis) is 1. The molecule has 1 heterocycles. The number of amides is 2. The van der Waals surface area contributed by atoms with Gasteiger partial charge in [0.2, 0.25) is 5.91 Å². The predicted octanol–water partition coefficient (Wildman–Crippen LogP) is 4.94. The molecule has 2 aliphatic rings. The molecule has 1 saturated heterocycles. The van der Waals surface area contributed by atoms with Crippen molar-refractivity contribution >= 4 is 17.7 Å². The third-order valence-corrected chi connectivity index (χ3v) is 7.80. The summed E-state index contributed by atoms with van der Waals surface area (Å²) in [5.41, 5.74) is -0.149. The van der Waals surface area contributed by atoms with Gasteiger partial charge in [0, 0.05) is 31.4 Å². The Morgan fingerprint density at radius 2 is 1.69 bits per heavy atom. The summed E-state index contributed by atoms with van der Waals surface area (Å²) in [6.07, 6.45) is 4.53. The van der Waals surface area contributed by atoms with Crippen molar-refractivity contribution < 1.29 is 28.9 Å². The number of hydrogen-bond acceptors (Lipinski definition) is 7. The summed E-state index contributed by atoms with van der Waals surface area (Å²) in [5, 5.41) is 13.6. The standard InChI is InChI=1S/C33H47N3O6/c1-32(2,3)42-31(38)34-29(33(4,5)39)30(37)36-19-18-35(22-25(36)20-23-12-8-7-9-13-23)24-16-17-27(40-6)28(21-24)41-26-14-10-11-15-26/h7-9,12-13,16-17,21,25-26,29,39H,10-11,14-15,18-20,22H2,1-6H3,(H,34,38)/t25-,29-/m0/s1. The van der Waals surface area contributed by atoms with Crippen LogP contribution in [0.25, 0.3) is 0 Å². The van der Waals surface area contributed by atoms with E-state index in [9.17, 15) is 14.7 Å². The quantitative estimate of drug-likeness (QED) is 0.433. The molecule has 9 nitrogen and oxygen atoms in total. The number of anilines is 1. The molecule has 2 atom stereocenters. The first-order valence-corrected chi connectivity index (χ1v) is 15.0. The maximum Gasteiger partial charge on any atom is 0.408 e. The van der Waals surface area contributed by atoms with E-state index in [0.717, 1.165) is 29.8 Å². The zero-order valence-electron chi connectivity index (χ0n) is 25.9. The number of ether oxygens (including phenoxy) is 3. The van der Waals surface area contributed by atoms with Gasteiger partial charge in [-0.1, -0.05) is 30.3 Å². The van der Waals surface area contributed by atoms with Gasteiger partial charge in [0.1, 0.15) is 11.6 Å². The minimum Gasteiger partial charge on any atom is -0.493 e. The molecule has 1 saturated carbocycles. The van der Waals surface area contributed by atoms with Gasteiger partial charge >= 0.3 is 6.09 Å². The van der Waals surface area contributed by atoms with Gasteiger partial charge in [-0.25, -0.2) is 4.79 Å². The monoisotopic (exact) mass is 581 g/mol. The molecular formula is C33H47N3O6. The van der Waals surface area contributed by atoms with Gasteiger partial charge < -0.3 is 34.4 Å². The summed E-state index contributed by atoms with van der Waals surface area (Å²) in [4.78, 5) is 30.8. The van der Waals surface area contributed by atoms with Crippen LogP contribution in [0.2, 0.25) is 0 Å². The predicted molar refractivity (Wildman–Crippen MR) is 163 cm³/mol. The highest BCUT2D eigenvalue weighted by atomic mass is 16.6. The number of carbonyl (C=O) groups is 2. The number of piperazine rings is 1. The third-order valence-electron chi connectivity index (χ3n) is 7.80. The largest absolute Gasteiger partial charge is 0.493 e. The first kappa shape index (κ1) is 31.5. The van der Waals surface area contributed by atoms with Crippen LogP contribution in [0.5, 0.6) is 11.5 Å². The van der Waals surface area contributed by atoms with E-state index in [-0.39, 0.29) is 18.1 Å². The van der Waals surface area contributed by atoms with Crippen molar-refractivity contribution in [3.63, 3.8) is 0 Å². The molecule has 230 valence electrons. The minimum atomic E-state index is -1.51. The highest BCUT2D eigenvalue weighted by Gasteiger charge is 2.42. The van der Waals surface area contributed by atoms with E-state index < -0.39 is 23.3 Å². The Balaban J connectivity index is 1.58. The summed E-state index contributed by atoms with van der Waals surface area (Å²) in [6.45, 7) is 9.89. The number of rotatable bonds is 9. The van der Waals surface area contributed by atoms with Crippen LogP contribution in [0.15, 0.2) is 48.5 Å². The van der Waals surface area contributed by atoms with Crippen LogP contribution in [0.1, 0.15) is 65.9 Å². The lowest BCUT2D eigenvalue weighted by Gasteiger charge is -2.45. The second kappa shape index (κ2) is 13.2. The topological polar surface area (TPSA) is 101 Å². The number of hydrogen-bond donors (Lipinski definition) is 2. The number of methoxy groups -OCH3 is 1. The van der Waals surface area contributed by atoms with E-state index in [1.165, 1.54) is 26.7 Å². The maximum atomic E-state index is 14.1. The average Bonchev–Trinajstić information content (AvgIpc) is 3.43. The van der Waals surface area contributed by atoms with Crippen molar-refractivity contribution in [2.45, 2.75) is 96.1 Å². The van der Waals surface area contributed by atoms with Gasteiger partial charge in [-0.05, 0) is 84.4 Å². The molecule has 2 fully saturated rings. The zero-order valence-corrected chi connectivity index (χ0v) is 25.9. The Bertz CT molecular complexity index is 1200. The lowest BCUT2D eigenvalue weighted by molar-refractivity contribution is -0.142. The summed E-state index contributed by atoms with van der Waals surface area (Å²) >= 11 is 0. The first-order chi connectivity index (χ1) is 19.8. The van der Waals surface area contributed by atoms with Gasteiger partial charge in [0.15, 0.2) is 11.5 Å². The Hall–Kier alpha value is -3.46. The fourth-order valence-electron chi connectivity index (χ4n) is 5.71. The fourth-order valence-corrected chi connectivity index (χ4v) is 5.71. The second-order valence-electron chi connectivity index (χ2n) is 12.9. The molecule has 2 aromatic carbocycles. The molecule has 0 radical (unpaired) electrons. The fraction of sp³-hybridized carbons (Fsp3) is 0.576. The molecule has 2 aromatic rings. The normalized spacial score (nSPS) is 18.9. The first-order valence-electron chi connectivity index (χ1n) is 15.0. The van der Waals surface area contributed by atoms with Gasteiger partial charge in [-0.15, -0.1) is 0 Å². The van der Waals surface area contributed by atoms with Crippen LogP contribution in [0, 0.1) is 0 Å². The Morgan fingerprint density at radius 3 is 2.31 bits per heavy atom. The van der Waals surface area contributed by atoms with Crippen molar-refractivity contribution in [3.8, 4) is 11.5 Å². The van der Waals surface area contributed by atoms with E-state index in [2.05, 4.69) is 22.3 Å². The Labute approximate surface area is 250 Å². The SMILES string of the molecule is COc1ccc(N2CCN(C(=O)[C@H](NC(=O)OC(C)(C)C)C(C)(C)O)[C@@H](Cc3ccccc3)C2)cc1OC1CCCC1. The van der Waals surface area contributed by atoms with Crippen LogP contribution in [0.3, 0.4) is 0 Å². The van der Waals surface area contributed by atoms with Crippen LogP contribution >= 0.6 is 0 Å². The molecule has 0 spiro atoms. The van der Waals surface area contributed by atoms with Gasteiger partial charge in [0.05, 0.1) is 24.9 Å². The van der Waals surface area contributed by atoms with E-state index >= 15 is 0 Å². The van der Waals surface area contributed by atoms with Crippen molar-refractivity contribution in [3.05, 3.63) is 54.1 Å². The number of nitrogens with one attached hydrogen (secondary N) is 1. The number of aliphatic hydroxyl groups is 1. The molecule has 1 aliphatic carbocycles. The maximum absolute atomic E-state index is 14.1. The van der Waals surface area contributed by atoms with Crippen LogP contribution in [-0.2, 0) is 16.0 Å². The number of carbonyl (C=O) groups excluding carboxylic acids is 2. The third kappa shape index (κ3) is 8.31. The smallest absolute Gasteiger partial charge is 0.408 e. The van der Waals surface area contributed by atoms with Gasteiger partial charge in [-0.2, -0.15) is 0 Å². The summed E-state index contributed by atoms with van der Waals surface area (Å²) in [5.74, 6) is 1.11. The lowest BCUT2D eigenvalue weighted by Crippen LogP contribution is -2.64. The summed E-state index contributed by atoms with van der Waals surface area (Å²) < 4.78 is 17.4. The molecule has 4 rings (SSSR count). The van der Waals surface area contributed by atoms with Crippen LogP contribution < -0.4 is 19.7 Å². The highest BCUT2D eigenvalue weighted by Crippen LogP contribution is 2.36.